The molecule has 3 amide bonds. The largest absolute Gasteiger partial charge is 0.493 e. The summed E-state index contributed by atoms with van der Waals surface area (Å²) in [4.78, 5) is 35.5. The lowest BCUT2D eigenvalue weighted by atomic mass is 10.1. The molecule has 1 aliphatic heterocycles. The van der Waals surface area contributed by atoms with Crippen molar-refractivity contribution in [3.05, 3.63) is 62.6 Å². The van der Waals surface area contributed by atoms with Crippen molar-refractivity contribution in [2.45, 2.75) is 6.61 Å². The van der Waals surface area contributed by atoms with E-state index < -0.39 is 24.5 Å². The summed E-state index contributed by atoms with van der Waals surface area (Å²) in [5.74, 6) is -1.67. The molecule has 3 rings (SSSR count). The van der Waals surface area contributed by atoms with Crippen LogP contribution in [0.1, 0.15) is 11.1 Å². The number of carboxylic acid groups (broad SMARTS) is 1. The molecule has 2 N–H and O–H groups in total. The highest BCUT2D eigenvalue weighted by Gasteiger charge is 2.34. The number of ether oxygens (including phenoxy) is 2. The van der Waals surface area contributed by atoms with E-state index in [1.807, 2.05) is 22.6 Å². The van der Waals surface area contributed by atoms with Crippen LogP contribution in [0.15, 0.2) is 42.1 Å². The zero-order chi connectivity index (χ0) is 21.8. The lowest BCUT2D eigenvalue weighted by molar-refractivity contribution is -0.140. The maximum Gasteiger partial charge on any atom is 0.329 e. The molecule has 2 aromatic rings. The van der Waals surface area contributed by atoms with Gasteiger partial charge in [0.2, 0.25) is 0 Å². The molecule has 0 spiro atoms. The number of nitrogens with one attached hydrogen (secondary N) is 1. The molecule has 8 nitrogen and oxygen atoms in total. The maximum atomic E-state index is 13.8. The van der Waals surface area contributed by atoms with E-state index in [0.29, 0.717) is 31.1 Å². The molecule has 10 heteroatoms. The summed E-state index contributed by atoms with van der Waals surface area (Å²) in [6.45, 7) is -0.732. The van der Waals surface area contributed by atoms with Crippen molar-refractivity contribution in [3.63, 3.8) is 0 Å². The van der Waals surface area contributed by atoms with Crippen LogP contribution in [0.5, 0.6) is 11.5 Å². The second kappa shape index (κ2) is 9.11. The minimum absolute atomic E-state index is 0.00182. The van der Waals surface area contributed by atoms with E-state index in [-0.39, 0.29) is 18.1 Å². The van der Waals surface area contributed by atoms with Crippen molar-refractivity contribution in [1.29, 1.82) is 0 Å². The van der Waals surface area contributed by atoms with Crippen LogP contribution in [-0.2, 0) is 16.2 Å². The summed E-state index contributed by atoms with van der Waals surface area (Å²) in [6.07, 6.45) is 1.41. The molecule has 1 fully saturated rings. The summed E-state index contributed by atoms with van der Waals surface area (Å²) < 4.78 is 25.6. The predicted octanol–water partition coefficient (Wildman–Crippen LogP) is 3.00. The molecular formula is C20H16FIN2O6. The Hall–Kier alpha value is -3.15. The van der Waals surface area contributed by atoms with Gasteiger partial charge in [0.25, 0.3) is 5.91 Å². The number of hydrogen-bond acceptors (Lipinski definition) is 5. The second-order valence-electron chi connectivity index (χ2n) is 6.19. The SMILES string of the molecule is COc1cc(/C=C2/NC(=O)N(CC(=O)O)C2=O)cc(I)c1OCc1ccccc1F. The number of aliphatic carboxylic acids is 1. The minimum atomic E-state index is -1.30. The number of carbonyl (C=O) groups is 3. The third-order valence-corrected chi connectivity index (χ3v) is 4.95. The first-order chi connectivity index (χ1) is 14.3. The Bertz CT molecular complexity index is 1060. The summed E-state index contributed by atoms with van der Waals surface area (Å²) in [5.41, 5.74) is 0.855. The molecule has 30 heavy (non-hydrogen) atoms. The number of carbonyl (C=O) groups excluding carboxylic acids is 2. The van der Waals surface area contributed by atoms with Gasteiger partial charge >= 0.3 is 12.0 Å². The van der Waals surface area contributed by atoms with Gasteiger partial charge in [-0.05, 0) is 52.4 Å². The average molecular weight is 526 g/mol. The number of nitrogens with zero attached hydrogens (tertiary/aromatic N) is 1. The van der Waals surface area contributed by atoms with Crippen LogP contribution in [-0.4, -0.2) is 41.6 Å². The molecule has 0 bridgehead atoms. The molecule has 156 valence electrons. The quantitative estimate of drug-likeness (QED) is 0.327. The van der Waals surface area contributed by atoms with Gasteiger partial charge in [0.05, 0.1) is 10.7 Å². The van der Waals surface area contributed by atoms with E-state index in [9.17, 15) is 18.8 Å². The number of rotatable bonds is 7. The zero-order valence-corrected chi connectivity index (χ0v) is 17.8. The Morgan fingerprint density at radius 1 is 1.30 bits per heavy atom. The van der Waals surface area contributed by atoms with Gasteiger partial charge in [-0.3, -0.25) is 9.59 Å². The van der Waals surface area contributed by atoms with E-state index in [2.05, 4.69) is 5.32 Å². The highest BCUT2D eigenvalue weighted by Crippen LogP contribution is 2.35. The van der Waals surface area contributed by atoms with Gasteiger partial charge in [0.1, 0.15) is 24.7 Å². The minimum Gasteiger partial charge on any atom is -0.493 e. The number of methoxy groups -OCH3 is 1. The average Bonchev–Trinajstić information content (AvgIpc) is 2.95. The fourth-order valence-corrected chi connectivity index (χ4v) is 3.53. The van der Waals surface area contributed by atoms with Crippen LogP contribution in [0, 0.1) is 9.39 Å². The van der Waals surface area contributed by atoms with Crippen LogP contribution in [0.2, 0.25) is 0 Å². The Balaban J connectivity index is 1.84. The van der Waals surface area contributed by atoms with Crippen molar-refractivity contribution < 1.29 is 33.4 Å². The lowest BCUT2D eigenvalue weighted by Crippen LogP contribution is -2.35. The van der Waals surface area contributed by atoms with E-state index in [1.54, 1.807) is 30.3 Å². The van der Waals surface area contributed by atoms with Gasteiger partial charge in [-0.15, -0.1) is 0 Å². The van der Waals surface area contributed by atoms with Crippen LogP contribution in [0.4, 0.5) is 9.18 Å². The fourth-order valence-electron chi connectivity index (χ4n) is 2.75. The first kappa shape index (κ1) is 21.6. The third-order valence-electron chi connectivity index (χ3n) is 4.15. The van der Waals surface area contributed by atoms with Gasteiger partial charge in [0.15, 0.2) is 11.5 Å². The van der Waals surface area contributed by atoms with E-state index in [4.69, 9.17) is 14.6 Å². The number of urea groups is 1. The molecule has 0 unspecified atom stereocenters. The second-order valence-corrected chi connectivity index (χ2v) is 7.35. The first-order valence-electron chi connectivity index (χ1n) is 8.60. The van der Waals surface area contributed by atoms with Crippen molar-refractivity contribution in [2.75, 3.05) is 13.7 Å². The number of hydrogen-bond donors (Lipinski definition) is 2. The number of benzene rings is 2. The lowest BCUT2D eigenvalue weighted by Gasteiger charge is -2.14. The van der Waals surface area contributed by atoms with Crippen molar-refractivity contribution >= 4 is 46.6 Å². The van der Waals surface area contributed by atoms with Gasteiger partial charge < -0.3 is 19.9 Å². The number of carboxylic acids is 1. The first-order valence-corrected chi connectivity index (χ1v) is 9.68. The Kier molecular flexibility index (Phi) is 6.55. The van der Waals surface area contributed by atoms with Crippen molar-refractivity contribution in [3.8, 4) is 11.5 Å². The summed E-state index contributed by atoms with van der Waals surface area (Å²) in [6, 6.07) is 8.73. The summed E-state index contributed by atoms with van der Waals surface area (Å²) in [7, 11) is 1.44. The van der Waals surface area contributed by atoms with Crippen LogP contribution in [0.3, 0.4) is 0 Å². The molecule has 1 aliphatic rings. The molecular weight excluding hydrogens is 510 g/mol. The number of amides is 3. The van der Waals surface area contributed by atoms with E-state index in [0.717, 1.165) is 0 Å². The fraction of sp³-hybridized carbons (Fsp3) is 0.150. The van der Waals surface area contributed by atoms with Crippen LogP contribution >= 0.6 is 22.6 Å². The molecule has 0 saturated carbocycles. The molecule has 0 aliphatic carbocycles. The standard InChI is InChI=1S/C20H16FIN2O6/c1-29-16-8-11(7-15-19(27)24(9-17(25)26)20(28)23-15)6-14(22)18(16)30-10-12-4-2-3-5-13(12)21/h2-8H,9-10H2,1H3,(H,23,28)(H,25,26)/b15-7+. The highest BCUT2D eigenvalue weighted by molar-refractivity contribution is 14.1. The topological polar surface area (TPSA) is 105 Å². The van der Waals surface area contributed by atoms with Crippen molar-refractivity contribution in [2.24, 2.45) is 0 Å². The van der Waals surface area contributed by atoms with Gasteiger partial charge in [-0.25, -0.2) is 14.1 Å². The molecule has 2 aromatic carbocycles. The van der Waals surface area contributed by atoms with Gasteiger partial charge in [-0.1, -0.05) is 18.2 Å². The Labute approximate surface area is 184 Å². The molecule has 1 heterocycles. The highest BCUT2D eigenvalue weighted by atomic mass is 127. The van der Waals surface area contributed by atoms with Gasteiger partial charge in [0, 0.05) is 5.56 Å². The van der Waals surface area contributed by atoms with E-state index in [1.165, 1.54) is 19.3 Å². The maximum absolute atomic E-state index is 13.8. The molecule has 0 atom stereocenters. The molecule has 0 radical (unpaired) electrons. The molecule has 0 aromatic heterocycles. The monoisotopic (exact) mass is 526 g/mol. The smallest absolute Gasteiger partial charge is 0.329 e. The van der Waals surface area contributed by atoms with E-state index >= 15 is 0 Å². The molecule has 1 saturated heterocycles. The third kappa shape index (κ3) is 4.70. The van der Waals surface area contributed by atoms with Gasteiger partial charge in [-0.2, -0.15) is 0 Å². The summed E-state index contributed by atoms with van der Waals surface area (Å²) in [5, 5.41) is 11.2. The summed E-state index contributed by atoms with van der Waals surface area (Å²) >= 11 is 2.01. The van der Waals surface area contributed by atoms with Crippen LogP contribution in [0.25, 0.3) is 6.08 Å². The Morgan fingerprint density at radius 2 is 2.03 bits per heavy atom. The zero-order valence-electron chi connectivity index (χ0n) is 15.6. The number of imide groups is 1. The number of halogens is 2. The predicted molar refractivity (Wildman–Crippen MR) is 112 cm³/mol. The normalized spacial score (nSPS) is 14.8. The Morgan fingerprint density at radius 3 is 2.70 bits per heavy atom. The van der Waals surface area contributed by atoms with Crippen LogP contribution < -0.4 is 14.8 Å². The van der Waals surface area contributed by atoms with Crippen molar-refractivity contribution in [1.82, 2.24) is 10.2 Å².